The second-order valence-corrected chi connectivity index (χ2v) is 5.70. The molecule has 1 aliphatic heterocycles. The molecule has 6 heteroatoms. The van der Waals surface area contributed by atoms with Crippen molar-refractivity contribution >= 4 is 27.7 Å². The van der Waals surface area contributed by atoms with E-state index in [1.54, 1.807) is 0 Å². The molecule has 5 nitrogen and oxygen atoms in total. The summed E-state index contributed by atoms with van der Waals surface area (Å²) >= 11 is 3.37. The molecule has 3 rings (SSSR count). The van der Waals surface area contributed by atoms with Gasteiger partial charge in [0.15, 0.2) is 0 Å². The molecule has 1 aromatic rings. The number of carbonyl (C=O) groups is 1. The fourth-order valence-electron chi connectivity index (χ4n) is 2.18. The standard InChI is InChI=1S/C13H16BrN3O2/c14-11-2-1-3-12(16-11)17-6-7-19-8-10(17)13(18)15-9-4-5-9/h1-3,9-10H,4-8H2,(H,15,18). The number of rotatable bonds is 3. The van der Waals surface area contributed by atoms with Crippen LogP contribution in [-0.2, 0) is 9.53 Å². The zero-order chi connectivity index (χ0) is 13.2. The first-order chi connectivity index (χ1) is 9.24. The third-order valence-corrected chi connectivity index (χ3v) is 3.79. The number of hydrogen-bond donors (Lipinski definition) is 1. The van der Waals surface area contributed by atoms with Crippen LogP contribution in [0.1, 0.15) is 12.8 Å². The number of ether oxygens (including phenoxy) is 1. The van der Waals surface area contributed by atoms with Crippen LogP contribution < -0.4 is 10.2 Å². The van der Waals surface area contributed by atoms with Gasteiger partial charge in [-0.2, -0.15) is 0 Å². The van der Waals surface area contributed by atoms with Crippen molar-refractivity contribution in [2.24, 2.45) is 0 Å². The van der Waals surface area contributed by atoms with Gasteiger partial charge in [0.05, 0.1) is 13.2 Å². The molecule has 2 fully saturated rings. The maximum atomic E-state index is 12.2. The lowest BCUT2D eigenvalue weighted by molar-refractivity contribution is -0.124. The van der Waals surface area contributed by atoms with Crippen LogP contribution in [-0.4, -0.2) is 42.7 Å². The van der Waals surface area contributed by atoms with Gasteiger partial charge in [0, 0.05) is 12.6 Å². The van der Waals surface area contributed by atoms with E-state index in [1.165, 1.54) is 0 Å². The Hall–Kier alpha value is -1.14. The minimum Gasteiger partial charge on any atom is -0.377 e. The summed E-state index contributed by atoms with van der Waals surface area (Å²) in [6, 6.07) is 5.82. The average molecular weight is 326 g/mol. The summed E-state index contributed by atoms with van der Waals surface area (Å²) in [6.45, 7) is 1.74. The molecular formula is C13H16BrN3O2. The number of nitrogens with one attached hydrogen (secondary N) is 1. The SMILES string of the molecule is O=C(NC1CC1)C1COCCN1c1cccc(Br)n1. The number of anilines is 1. The van der Waals surface area contributed by atoms with Gasteiger partial charge in [0.1, 0.15) is 16.5 Å². The minimum atomic E-state index is -0.281. The van der Waals surface area contributed by atoms with Crippen molar-refractivity contribution in [1.29, 1.82) is 0 Å². The van der Waals surface area contributed by atoms with Crippen LogP contribution in [0.2, 0.25) is 0 Å². The number of carbonyl (C=O) groups excluding carboxylic acids is 1. The molecule has 2 aliphatic rings. The van der Waals surface area contributed by atoms with Crippen LogP contribution in [0.25, 0.3) is 0 Å². The van der Waals surface area contributed by atoms with Gasteiger partial charge in [-0.1, -0.05) is 6.07 Å². The van der Waals surface area contributed by atoms with Gasteiger partial charge in [-0.05, 0) is 40.9 Å². The minimum absolute atomic E-state index is 0.0453. The van der Waals surface area contributed by atoms with E-state index >= 15 is 0 Å². The molecule has 1 saturated carbocycles. The fourth-order valence-corrected chi connectivity index (χ4v) is 2.51. The highest BCUT2D eigenvalue weighted by Gasteiger charge is 2.33. The second-order valence-electron chi connectivity index (χ2n) is 4.89. The molecule has 0 radical (unpaired) electrons. The molecule has 0 aromatic carbocycles. The third-order valence-electron chi connectivity index (χ3n) is 3.35. The van der Waals surface area contributed by atoms with Crippen LogP contribution in [0.5, 0.6) is 0 Å². The summed E-state index contributed by atoms with van der Waals surface area (Å²) in [6.07, 6.45) is 2.18. The van der Waals surface area contributed by atoms with E-state index in [0.717, 1.165) is 23.3 Å². The van der Waals surface area contributed by atoms with Gasteiger partial charge < -0.3 is 15.0 Å². The highest BCUT2D eigenvalue weighted by Crippen LogP contribution is 2.22. The maximum absolute atomic E-state index is 12.2. The molecular weight excluding hydrogens is 310 g/mol. The first kappa shape index (κ1) is 12.9. The molecule has 1 aromatic heterocycles. The Balaban J connectivity index is 1.77. The molecule has 2 heterocycles. The Morgan fingerprint density at radius 1 is 1.47 bits per heavy atom. The van der Waals surface area contributed by atoms with Crippen LogP contribution in [0.15, 0.2) is 22.8 Å². The van der Waals surface area contributed by atoms with Crippen molar-refractivity contribution in [2.45, 2.75) is 24.9 Å². The Morgan fingerprint density at radius 3 is 3.05 bits per heavy atom. The van der Waals surface area contributed by atoms with Crippen molar-refractivity contribution in [2.75, 3.05) is 24.7 Å². The van der Waals surface area contributed by atoms with Crippen molar-refractivity contribution in [3.63, 3.8) is 0 Å². The number of nitrogens with zero attached hydrogens (tertiary/aromatic N) is 2. The van der Waals surface area contributed by atoms with Crippen molar-refractivity contribution < 1.29 is 9.53 Å². The molecule has 1 unspecified atom stereocenters. The van der Waals surface area contributed by atoms with Gasteiger partial charge in [-0.25, -0.2) is 4.98 Å². The molecule has 1 aliphatic carbocycles. The predicted molar refractivity (Wildman–Crippen MR) is 75.1 cm³/mol. The zero-order valence-electron chi connectivity index (χ0n) is 10.5. The zero-order valence-corrected chi connectivity index (χ0v) is 12.1. The number of pyridine rings is 1. The number of hydrogen-bond acceptors (Lipinski definition) is 4. The number of halogens is 1. The largest absolute Gasteiger partial charge is 0.377 e. The molecule has 1 amide bonds. The number of amides is 1. The van der Waals surface area contributed by atoms with Crippen molar-refractivity contribution in [3.05, 3.63) is 22.8 Å². The van der Waals surface area contributed by atoms with Gasteiger partial charge in [-0.15, -0.1) is 0 Å². The first-order valence-electron chi connectivity index (χ1n) is 6.51. The normalized spacial score (nSPS) is 23.2. The smallest absolute Gasteiger partial charge is 0.245 e. The molecule has 0 bridgehead atoms. The van der Waals surface area contributed by atoms with Gasteiger partial charge in [-0.3, -0.25) is 4.79 Å². The van der Waals surface area contributed by atoms with Gasteiger partial charge in [0.25, 0.3) is 0 Å². The summed E-state index contributed by atoms with van der Waals surface area (Å²) < 4.78 is 6.22. The first-order valence-corrected chi connectivity index (χ1v) is 7.30. The Kier molecular flexibility index (Phi) is 3.70. The van der Waals surface area contributed by atoms with Crippen molar-refractivity contribution in [1.82, 2.24) is 10.3 Å². The number of morpholine rings is 1. The quantitative estimate of drug-likeness (QED) is 0.852. The Morgan fingerprint density at radius 2 is 2.32 bits per heavy atom. The second kappa shape index (κ2) is 5.46. The van der Waals surface area contributed by atoms with E-state index in [1.807, 2.05) is 23.1 Å². The van der Waals surface area contributed by atoms with Crippen LogP contribution in [0, 0.1) is 0 Å². The lowest BCUT2D eigenvalue weighted by atomic mass is 10.2. The fraction of sp³-hybridized carbons (Fsp3) is 0.538. The summed E-state index contributed by atoms with van der Waals surface area (Å²) in [5, 5.41) is 3.04. The highest BCUT2D eigenvalue weighted by atomic mass is 79.9. The lowest BCUT2D eigenvalue weighted by Gasteiger charge is -2.35. The Labute approximate surface area is 120 Å². The van der Waals surface area contributed by atoms with Crippen molar-refractivity contribution in [3.8, 4) is 0 Å². The van der Waals surface area contributed by atoms with Gasteiger partial charge in [0.2, 0.25) is 5.91 Å². The third kappa shape index (κ3) is 3.06. The van der Waals surface area contributed by atoms with Crippen LogP contribution in [0.4, 0.5) is 5.82 Å². The summed E-state index contributed by atoms with van der Waals surface area (Å²) in [5.41, 5.74) is 0. The highest BCUT2D eigenvalue weighted by molar-refractivity contribution is 9.10. The molecule has 1 saturated heterocycles. The predicted octanol–water partition coefficient (Wildman–Crippen LogP) is 1.33. The molecule has 0 spiro atoms. The summed E-state index contributed by atoms with van der Waals surface area (Å²) in [4.78, 5) is 18.7. The van der Waals surface area contributed by atoms with Gasteiger partial charge >= 0.3 is 0 Å². The van der Waals surface area contributed by atoms with Crippen LogP contribution >= 0.6 is 15.9 Å². The van der Waals surface area contributed by atoms with E-state index in [4.69, 9.17) is 4.74 Å². The average Bonchev–Trinajstić information content (AvgIpc) is 3.23. The van der Waals surface area contributed by atoms with E-state index in [-0.39, 0.29) is 11.9 Å². The maximum Gasteiger partial charge on any atom is 0.245 e. The molecule has 19 heavy (non-hydrogen) atoms. The molecule has 1 N–H and O–H groups in total. The summed E-state index contributed by atoms with van der Waals surface area (Å²) in [7, 11) is 0. The lowest BCUT2D eigenvalue weighted by Crippen LogP contribution is -2.54. The molecule has 102 valence electrons. The number of aromatic nitrogens is 1. The van der Waals surface area contributed by atoms with E-state index in [2.05, 4.69) is 26.2 Å². The Bertz CT molecular complexity index is 479. The topological polar surface area (TPSA) is 54.5 Å². The van der Waals surface area contributed by atoms with Crippen LogP contribution in [0.3, 0.4) is 0 Å². The summed E-state index contributed by atoms with van der Waals surface area (Å²) in [5.74, 6) is 0.859. The molecule has 1 atom stereocenters. The van der Waals surface area contributed by atoms with E-state index < -0.39 is 0 Å². The van der Waals surface area contributed by atoms with E-state index in [9.17, 15) is 4.79 Å². The van der Waals surface area contributed by atoms with E-state index in [0.29, 0.717) is 25.8 Å². The monoisotopic (exact) mass is 325 g/mol.